The molecule has 2 atom stereocenters. The Morgan fingerprint density at radius 3 is 2.36 bits per heavy atom. The first kappa shape index (κ1) is 15.2. The van der Waals surface area contributed by atoms with Gasteiger partial charge in [-0.25, -0.2) is 9.37 Å². The van der Waals surface area contributed by atoms with Crippen LogP contribution in [0.3, 0.4) is 0 Å². The van der Waals surface area contributed by atoms with Crippen molar-refractivity contribution in [2.24, 2.45) is 0 Å². The minimum Gasteiger partial charge on any atom is -0.326 e. The molecule has 4 heteroatoms. The summed E-state index contributed by atoms with van der Waals surface area (Å²) in [4.78, 5) is 6.90. The summed E-state index contributed by atoms with van der Waals surface area (Å²) >= 11 is 0. The first-order valence-electron chi connectivity index (χ1n) is 8.18. The lowest BCUT2D eigenvalue weighted by atomic mass is 10.1. The van der Waals surface area contributed by atoms with Crippen LogP contribution in [0, 0.1) is 5.82 Å². The number of hydrogen-bond donors (Lipinski definition) is 0. The maximum absolute atomic E-state index is 13.1. The predicted molar refractivity (Wildman–Crippen MR) is 86.3 cm³/mol. The Balaban J connectivity index is 1.83. The molecule has 2 aromatic rings. The van der Waals surface area contributed by atoms with Crippen LogP contribution in [0.25, 0.3) is 0 Å². The number of imidazole rings is 1. The summed E-state index contributed by atoms with van der Waals surface area (Å²) in [6.07, 6.45) is 7.77. The lowest BCUT2D eigenvalue weighted by Crippen LogP contribution is -2.33. The minimum absolute atomic E-state index is 0.158. The number of hydrogen-bond acceptors (Lipinski definition) is 2. The van der Waals surface area contributed by atoms with E-state index in [4.69, 9.17) is 0 Å². The van der Waals surface area contributed by atoms with E-state index in [1.165, 1.54) is 37.1 Å². The zero-order valence-corrected chi connectivity index (χ0v) is 13.4. The van der Waals surface area contributed by atoms with Crippen molar-refractivity contribution in [3.8, 4) is 0 Å². The second-order valence-electron chi connectivity index (χ2n) is 6.23. The molecule has 2 heterocycles. The smallest absolute Gasteiger partial charge is 0.123 e. The fraction of sp³-hybridized carbons (Fsp3) is 0.500. The van der Waals surface area contributed by atoms with Crippen molar-refractivity contribution >= 4 is 0 Å². The van der Waals surface area contributed by atoms with Gasteiger partial charge in [0, 0.05) is 12.2 Å². The van der Waals surface area contributed by atoms with E-state index in [9.17, 15) is 4.39 Å². The molecule has 1 fully saturated rings. The molecule has 0 saturated carbocycles. The molecule has 3 nitrogen and oxygen atoms in total. The molecule has 1 saturated heterocycles. The Kier molecular flexibility index (Phi) is 4.57. The molecular formula is C18H24FN3. The van der Waals surface area contributed by atoms with E-state index < -0.39 is 0 Å². The molecule has 1 unspecified atom stereocenters. The van der Waals surface area contributed by atoms with Crippen LogP contribution in [-0.4, -0.2) is 27.5 Å². The van der Waals surface area contributed by atoms with Crippen molar-refractivity contribution < 1.29 is 4.39 Å². The van der Waals surface area contributed by atoms with Gasteiger partial charge in [-0.1, -0.05) is 18.6 Å². The van der Waals surface area contributed by atoms with Crippen LogP contribution in [0.1, 0.15) is 56.5 Å². The molecule has 0 aliphatic carbocycles. The van der Waals surface area contributed by atoms with Crippen LogP contribution in [0.4, 0.5) is 4.39 Å². The Labute approximate surface area is 131 Å². The maximum atomic E-state index is 13.1. The van der Waals surface area contributed by atoms with Crippen molar-refractivity contribution in [2.45, 2.75) is 45.2 Å². The summed E-state index contributed by atoms with van der Waals surface area (Å²) in [6.45, 7) is 6.73. The highest BCUT2D eigenvalue weighted by Crippen LogP contribution is 2.28. The summed E-state index contributed by atoms with van der Waals surface area (Å²) in [5.74, 6) is -0.191. The van der Waals surface area contributed by atoms with Crippen LogP contribution >= 0.6 is 0 Å². The van der Waals surface area contributed by atoms with Gasteiger partial charge in [0.15, 0.2) is 0 Å². The lowest BCUT2D eigenvalue weighted by Gasteiger charge is -2.33. The number of benzene rings is 1. The molecule has 0 spiro atoms. The zero-order valence-electron chi connectivity index (χ0n) is 13.4. The van der Waals surface area contributed by atoms with Crippen LogP contribution in [-0.2, 0) is 0 Å². The van der Waals surface area contributed by atoms with E-state index in [0.717, 1.165) is 18.7 Å². The van der Waals surface area contributed by atoms with Crippen molar-refractivity contribution in [2.75, 3.05) is 13.1 Å². The van der Waals surface area contributed by atoms with Gasteiger partial charge in [0.2, 0.25) is 0 Å². The normalized spacial score (nSPS) is 19.0. The van der Waals surface area contributed by atoms with E-state index in [1.54, 1.807) is 0 Å². The van der Waals surface area contributed by atoms with Gasteiger partial charge in [-0.3, -0.25) is 4.90 Å². The highest BCUT2D eigenvalue weighted by atomic mass is 19.1. The third-order valence-electron chi connectivity index (χ3n) is 4.83. The first-order valence-corrected chi connectivity index (χ1v) is 8.18. The third kappa shape index (κ3) is 3.07. The molecule has 118 valence electrons. The molecular weight excluding hydrogens is 277 g/mol. The quantitative estimate of drug-likeness (QED) is 0.845. The maximum Gasteiger partial charge on any atom is 0.123 e. The number of aromatic nitrogens is 2. The highest BCUT2D eigenvalue weighted by molar-refractivity contribution is 5.22. The first-order chi connectivity index (χ1) is 10.7. The van der Waals surface area contributed by atoms with Crippen molar-refractivity contribution in [3.05, 3.63) is 53.9 Å². The van der Waals surface area contributed by atoms with Gasteiger partial charge in [0.1, 0.15) is 5.82 Å². The average molecular weight is 301 g/mol. The number of likely N-dealkylation sites (tertiary alicyclic amines) is 1. The van der Waals surface area contributed by atoms with Crippen LogP contribution in [0.2, 0.25) is 0 Å². The van der Waals surface area contributed by atoms with Gasteiger partial charge in [-0.2, -0.15) is 0 Å². The molecule has 0 radical (unpaired) electrons. The van der Waals surface area contributed by atoms with Gasteiger partial charge in [0.05, 0.1) is 18.1 Å². The Hall–Kier alpha value is -1.68. The Morgan fingerprint density at radius 2 is 1.68 bits per heavy atom. The highest BCUT2D eigenvalue weighted by Gasteiger charge is 2.22. The van der Waals surface area contributed by atoms with Gasteiger partial charge in [-0.05, 0) is 57.5 Å². The van der Waals surface area contributed by atoms with E-state index in [-0.39, 0.29) is 11.9 Å². The molecule has 1 aliphatic heterocycles. The predicted octanol–water partition coefficient (Wildman–Crippen LogP) is 4.18. The summed E-state index contributed by atoms with van der Waals surface area (Å²) in [5, 5.41) is 0. The number of piperidine rings is 1. The molecule has 1 aromatic heterocycles. The zero-order chi connectivity index (χ0) is 15.5. The van der Waals surface area contributed by atoms with E-state index >= 15 is 0 Å². The number of halogens is 1. The van der Waals surface area contributed by atoms with Crippen LogP contribution in [0.15, 0.2) is 36.8 Å². The fourth-order valence-corrected chi connectivity index (χ4v) is 3.36. The minimum atomic E-state index is -0.191. The van der Waals surface area contributed by atoms with Gasteiger partial charge >= 0.3 is 0 Å². The molecule has 0 amide bonds. The number of rotatable bonds is 4. The van der Waals surface area contributed by atoms with Gasteiger partial charge in [-0.15, -0.1) is 0 Å². The van der Waals surface area contributed by atoms with E-state index in [0.29, 0.717) is 6.04 Å². The average Bonchev–Trinajstić information content (AvgIpc) is 3.04. The van der Waals surface area contributed by atoms with Gasteiger partial charge in [0.25, 0.3) is 0 Å². The summed E-state index contributed by atoms with van der Waals surface area (Å²) < 4.78 is 15.3. The molecule has 3 rings (SSSR count). The Bertz CT molecular complexity index is 599. The fourth-order valence-electron chi connectivity index (χ4n) is 3.36. The number of nitrogens with zero attached hydrogens (tertiary/aromatic N) is 3. The summed E-state index contributed by atoms with van der Waals surface area (Å²) in [7, 11) is 0. The molecule has 1 aliphatic rings. The van der Waals surface area contributed by atoms with Crippen molar-refractivity contribution in [1.82, 2.24) is 14.5 Å². The SMILES string of the molecule is CC(c1cncn1[C@H](C)c1ccc(F)cc1)N1CCCCC1. The van der Waals surface area contributed by atoms with Crippen LogP contribution in [0.5, 0.6) is 0 Å². The van der Waals surface area contributed by atoms with Crippen molar-refractivity contribution in [1.29, 1.82) is 0 Å². The van der Waals surface area contributed by atoms with Gasteiger partial charge < -0.3 is 4.57 Å². The van der Waals surface area contributed by atoms with Crippen molar-refractivity contribution in [3.63, 3.8) is 0 Å². The van der Waals surface area contributed by atoms with Crippen LogP contribution < -0.4 is 0 Å². The molecule has 0 N–H and O–H groups in total. The second-order valence-corrected chi connectivity index (χ2v) is 6.23. The molecule has 22 heavy (non-hydrogen) atoms. The van der Waals surface area contributed by atoms with E-state index in [1.807, 2.05) is 24.7 Å². The summed E-state index contributed by atoms with van der Waals surface area (Å²) in [6, 6.07) is 7.29. The largest absolute Gasteiger partial charge is 0.326 e. The summed E-state index contributed by atoms with van der Waals surface area (Å²) in [5.41, 5.74) is 2.34. The third-order valence-corrected chi connectivity index (χ3v) is 4.83. The van der Waals surface area contributed by atoms with E-state index in [2.05, 4.69) is 28.3 Å². The molecule has 0 bridgehead atoms. The lowest BCUT2D eigenvalue weighted by molar-refractivity contribution is 0.168. The monoisotopic (exact) mass is 301 g/mol. The Morgan fingerprint density at radius 1 is 1.00 bits per heavy atom. The second kappa shape index (κ2) is 6.61. The topological polar surface area (TPSA) is 21.1 Å². The standard InChI is InChI=1S/C18H24FN3/c1-14(16-6-8-17(19)9-7-16)22-13-20-12-18(22)15(2)21-10-4-3-5-11-21/h6-9,12-15H,3-5,10-11H2,1-2H3/t14-,15?/m1/s1. The molecule has 1 aromatic carbocycles.